The van der Waals surface area contributed by atoms with Gasteiger partial charge in [-0.3, -0.25) is 0 Å². The molecule has 1 aliphatic carbocycles. The first-order valence-corrected chi connectivity index (χ1v) is 4.30. The fraction of sp³-hybridized carbons (Fsp3) is 0.700. The zero-order valence-electron chi connectivity index (χ0n) is 7.39. The van der Waals surface area contributed by atoms with Gasteiger partial charge in [-0.25, -0.2) is 0 Å². The van der Waals surface area contributed by atoms with Crippen LogP contribution < -0.4 is 0 Å². The molecule has 62 valence electrons. The number of ether oxygens (including phenoxy) is 1. The molecule has 0 unspecified atom stereocenters. The van der Waals surface area contributed by atoms with Crippen LogP contribution in [0.15, 0.2) is 18.1 Å². The Morgan fingerprint density at radius 1 is 1.64 bits per heavy atom. The highest BCUT2D eigenvalue weighted by Gasteiger charge is 2.29. The van der Waals surface area contributed by atoms with Crippen LogP contribution in [0.4, 0.5) is 0 Å². The summed E-state index contributed by atoms with van der Waals surface area (Å²) in [6, 6.07) is 0. The topological polar surface area (TPSA) is 9.23 Å². The van der Waals surface area contributed by atoms with Gasteiger partial charge in [0.05, 0.1) is 6.61 Å². The van der Waals surface area contributed by atoms with Gasteiger partial charge in [-0.15, -0.1) is 0 Å². The molecule has 0 N–H and O–H groups in total. The highest BCUT2D eigenvalue weighted by Crippen LogP contribution is 2.38. The largest absolute Gasteiger partial charge is 0.490 e. The molecule has 0 aromatic carbocycles. The molecule has 0 bridgehead atoms. The lowest BCUT2D eigenvalue weighted by Crippen LogP contribution is -2.23. The summed E-state index contributed by atoms with van der Waals surface area (Å²) in [5.41, 5.74) is 2.87. The van der Waals surface area contributed by atoms with Gasteiger partial charge >= 0.3 is 0 Å². The maximum Gasteiger partial charge on any atom is 0.141 e. The highest BCUT2D eigenvalue weighted by atomic mass is 16.5. The van der Waals surface area contributed by atoms with E-state index in [-0.39, 0.29) is 0 Å². The molecule has 0 amide bonds. The third kappa shape index (κ3) is 1.87. The molecular formula is C10H16O. The van der Waals surface area contributed by atoms with Crippen molar-refractivity contribution >= 4 is 0 Å². The summed E-state index contributed by atoms with van der Waals surface area (Å²) in [6.45, 7) is 8.63. The number of allylic oxidation sites excluding steroid dienone is 1. The van der Waals surface area contributed by atoms with Crippen molar-refractivity contribution in [3.8, 4) is 0 Å². The van der Waals surface area contributed by atoms with Gasteiger partial charge in [-0.05, 0) is 25.7 Å². The maximum absolute atomic E-state index is 5.39. The molecule has 1 saturated carbocycles. The van der Waals surface area contributed by atoms with E-state index in [1.807, 2.05) is 6.92 Å². The lowest BCUT2D eigenvalue weighted by atomic mass is 9.75. The number of hydrogen-bond donors (Lipinski definition) is 0. The van der Waals surface area contributed by atoms with Gasteiger partial charge < -0.3 is 4.74 Å². The predicted octanol–water partition coefficient (Wildman–Crippen LogP) is 2.74. The summed E-state index contributed by atoms with van der Waals surface area (Å²) >= 11 is 0. The van der Waals surface area contributed by atoms with Crippen LogP contribution in [0.25, 0.3) is 0 Å². The van der Waals surface area contributed by atoms with Crippen LogP contribution in [0.5, 0.6) is 0 Å². The van der Waals surface area contributed by atoms with Crippen molar-refractivity contribution in [3.63, 3.8) is 0 Å². The Morgan fingerprint density at radius 3 is 2.64 bits per heavy atom. The molecule has 0 aromatic heterocycles. The van der Waals surface area contributed by atoms with Crippen molar-refractivity contribution in [1.82, 2.24) is 0 Å². The average molecular weight is 152 g/mol. The van der Waals surface area contributed by atoms with Gasteiger partial charge in [0.15, 0.2) is 0 Å². The van der Waals surface area contributed by atoms with E-state index in [0.29, 0.717) is 5.92 Å². The second-order valence-electron chi connectivity index (χ2n) is 3.25. The first-order valence-electron chi connectivity index (χ1n) is 4.30. The Kier molecular flexibility index (Phi) is 2.78. The van der Waals surface area contributed by atoms with Crippen LogP contribution in [0.1, 0.15) is 26.7 Å². The van der Waals surface area contributed by atoms with Gasteiger partial charge in [0, 0.05) is 5.92 Å². The van der Waals surface area contributed by atoms with Crippen LogP contribution >= 0.6 is 0 Å². The minimum Gasteiger partial charge on any atom is -0.490 e. The van der Waals surface area contributed by atoms with E-state index >= 15 is 0 Å². The van der Waals surface area contributed by atoms with Gasteiger partial charge in [-0.1, -0.05) is 19.2 Å². The quantitative estimate of drug-likeness (QED) is 0.446. The Labute approximate surface area is 68.8 Å². The van der Waals surface area contributed by atoms with E-state index in [1.54, 1.807) is 0 Å². The SMILES string of the molecule is C=C=C(OCC)C1CC(C)C1. The zero-order valence-corrected chi connectivity index (χ0v) is 7.39. The minimum absolute atomic E-state index is 0.613. The maximum atomic E-state index is 5.39. The second-order valence-corrected chi connectivity index (χ2v) is 3.25. The smallest absolute Gasteiger partial charge is 0.141 e. The fourth-order valence-electron chi connectivity index (χ4n) is 1.59. The molecule has 0 aromatic rings. The molecule has 0 heterocycles. The minimum atomic E-state index is 0.613. The Hall–Kier alpha value is -0.680. The normalized spacial score (nSPS) is 28.5. The number of rotatable bonds is 3. The van der Waals surface area contributed by atoms with Crippen LogP contribution in [-0.4, -0.2) is 6.61 Å². The molecule has 11 heavy (non-hydrogen) atoms. The Morgan fingerprint density at radius 2 is 2.27 bits per heavy atom. The first-order chi connectivity index (χ1) is 5.27. The van der Waals surface area contributed by atoms with Crippen LogP contribution in [0.2, 0.25) is 0 Å². The van der Waals surface area contributed by atoms with Crippen molar-refractivity contribution in [1.29, 1.82) is 0 Å². The van der Waals surface area contributed by atoms with Crippen LogP contribution in [-0.2, 0) is 4.74 Å². The van der Waals surface area contributed by atoms with E-state index in [4.69, 9.17) is 4.74 Å². The first kappa shape index (κ1) is 8.42. The third-order valence-corrected chi connectivity index (χ3v) is 2.22. The molecule has 1 fully saturated rings. The van der Waals surface area contributed by atoms with E-state index in [9.17, 15) is 0 Å². The lowest BCUT2D eigenvalue weighted by molar-refractivity contribution is 0.126. The van der Waals surface area contributed by atoms with Gasteiger partial charge in [0.2, 0.25) is 0 Å². The van der Waals surface area contributed by atoms with E-state index in [0.717, 1.165) is 18.3 Å². The van der Waals surface area contributed by atoms with Gasteiger partial charge in [0.1, 0.15) is 5.76 Å². The van der Waals surface area contributed by atoms with Gasteiger partial charge in [0.25, 0.3) is 0 Å². The molecule has 0 saturated heterocycles. The molecule has 1 heteroatoms. The molecule has 0 spiro atoms. The van der Waals surface area contributed by atoms with Crippen molar-refractivity contribution in [2.24, 2.45) is 11.8 Å². The summed E-state index contributed by atoms with van der Waals surface area (Å²) in [7, 11) is 0. The summed E-state index contributed by atoms with van der Waals surface area (Å²) in [5.74, 6) is 2.46. The molecule has 1 rings (SSSR count). The number of hydrogen-bond acceptors (Lipinski definition) is 1. The predicted molar refractivity (Wildman–Crippen MR) is 46.2 cm³/mol. The summed E-state index contributed by atoms with van der Waals surface area (Å²) in [6.07, 6.45) is 2.50. The Balaban J connectivity index is 2.39. The summed E-state index contributed by atoms with van der Waals surface area (Å²) in [5, 5.41) is 0. The summed E-state index contributed by atoms with van der Waals surface area (Å²) in [4.78, 5) is 0. The molecular weight excluding hydrogens is 136 g/mol. The van der Waals surface area contributed by atoms with E-state index < -0.39 is 0 Å². The van der Waals surface area contributed by atoms with Crippen molar-refractivity contribution in [2.45, 2.75) is 26.7 Å². The summed E-state index contributed by atoms with van der Waals surface area (Å²) < 4.78 is 5.39. The van der Waals surface area contributed by atoms with Crippen molar-refractivity contribution in [2.75, 3.05) is 6.61 Å². The molecule has 0 atom stereocenters. The fourth-order valence-corrected chi connectivity index (χ4v) is 1.59. The van der Waals surface area contributed by atoms with E-state index in [1.165, 1.54) is 12.8 Å². The van der Waals surface area contributed by atoms with E-state index in [2.05, 4.69) is 19.2 Å². The molecule has 0 radical (unpaired) electrons. The van der Waals surface area contributed by atoms with Gasteiger partial charge in [-0.2, -0.15) is 0 Å². The van der Waals surface area contributed by atoms with Crippen LogP contribution in [0, 0.1) is 11.8 Å². The zero-order chi connectivity index (χ0) is 8.27. The Bertz CT molecular complexity index is 171. The van der Waals surface area contributed by atoms with Crippen LogP contribution in [0.3, 0.4) is 0 Å². The molecule has 1 aliphatic rings. The average Bonchev–Trinajstić information content (AvgIpc) is 1.95. The molecule has 1 nitrogen and oxygen atoms in total. The standard InChI is InChI=1S/C10H16O/c1-4-10(11-5-2)9-6-8(3)7-9/h8-9H,1,5-7H2,2-3H3. The molecule has 0 aliphatic heterocycles. The lowest BCUT2D eigenvalue weighted by Gasteiger charge is -2.32. The van der Waals surface area contributed by atoms with Crippen molar-refractivity contribution < 1.29 is 4.74 Å². The highest BCUT2D eigenvalue weighted by molar-refractivity contribution is 5.01. The monoisotopic (exact) mass is 152 g/mol. The van der Waals surface area contributed by atoms with Crippen molar-refractivity contribution in [3.05, 3.63) is 18.1 Å². The third-order valence-electron chi connectivity index (χ3n) is 2.22. The second kappa shape index (κ2) is 3.64.